The molecule has 2 aliphatic heterocycles. The fraction of sp³-hybridized carbons (Fsp3) is 0.739. The summed E-state index contributed by atoms with van der Waals surface area (Å²) in [4.78, 5) is 2.65. The van der Waals surface area contributed by atoms with Gasteiger partial charge in [-0.15, -0.1) is 0 Å². The average Bonchev–Trinajstić information content (AvgIpc) is 2.99. The Bertz CT molecular complexity index is 834. The minimum atomic E-state index is -3.74. The Morgan fingerprint density at radius 3 is 2.31 bits per heavy atom. The van der Waals surface area contributed by atoms with E-state index in [2.05, 4.69) is 49.1 Å². The Morgan fingerprint density at radius 2 is 1.69 bits per heavy atom. The smallest absolute Gasteiger partial charge is 0.277 e. The van der Waals surface area contributed by atoms with Crippen molar-refractivity contribution in [2.75, 3.05) is 13.1 Å². The summed E-state index contributed by atoms with van der Waals surface area (Å²) in [5, 5.41) is 0. The minimum Gasteiger partial charge on any atom is -0.297 e. The first-order valence-corrected chi connectivity index (χ1v) is 14.5. The van der Waals surface area contributed by atoms with Crippen molar-refractivity contribution in [2.45, 2.75) is 91.7 Å². The lowest BCUT2D eigenvalue weighted by Gasteiger charge is -2.38. The molecule has 0 aromatic heterocycles. The number of alkyl halides is 3. The molecular formula is C23H34F2IN3O2S. The Labute approximate surface area is 204 Å². The van der Waals surface area contributed by atoms with Crippen LogP contribution in [0.5, 0.6) is 0 Å². The predicted molar refractivity (Wildman–Crippen MR) is 132 cm³/mol. The Hall–Kier alpha value is -0.360. The average molecular weight is 582 g/mol. The largest absolute Gasteiger partial charge is 0.297 e. The zero-order valence-corrected chi connectivity index (χ0v) is 21.3. The summed E-state index contributed by atoms with van der Waals surface area (Å²) < 4.78 is 58.1. The first-order valence-electron chi connectivity index (χ1n) is 11.8. The molecule has 1 aromatic carbocycles. The predicted octanol–water partition coefficient (Wildman–Crippen LogP) is 4.59. The second-order valence-electron chi connectivity index (χ2n) is 9.69. The van der Waals surface area contributed by atoms with Gasteiger partial charge < -0.3 is 0 Å². The zero-order valence-electron chi connectivity index (χ0n) is 18.4. The molecule has 3 fully saturated rings. The summed E-state index contributed by atoms with van der Waals surface area (Å²) in [5.74, 6) is -2.60. The van der Waals surface area contributed by atoms with Gasteiger partial charge in [0, 0.05) is 41.4 Å². The molecule has 180 valence electrons. The second kappa shape index (κ2) is 10.5. The highest BCUT2D eigenvalue weighted by Gasteiger charge is 2.40. The van der Waals surface area contributed by atoms with Crippen LogP contribution in [0.4, 0.5) is 8.78 Å². The van der Waals surface area contributed by atoms with Crippen LogP contribution in [-0.2, 0) is 10.2 Å². The number of fused-ring (bicyclic) bond motifs is 2. The van der Waals surface area contributed by atoms with Crippen LogP contribution in [-0.4, -0.2) is 54.4 Å². The SMILES string of the molecule is O=S(=O)(NCC(CCN1C2CC[C@H]1CC(I)C2)c1ccccc1)NC1CCC(F)(F)CC1. The van der Waals surface area contributed by atoms with Crippen LogP contribution in [0, 0.1) is 0 Å². The van der Waals surface area contributed by atoms with E-state index in [9.17, 15) is 17.2 Å². The van der Waals surface area contributed by atoms with Crippen molar-refractivity contribution in [2.24, 2.45) is 0 Å². The van der Waals surface area contributed by atoms with E-state index in [0.29, 0.717) is 18.6 Å². The molecular weight excluding hydrogens is 547 g/mol. The van der Waals surface area contributed by atoms with E-state index >= 15 is 0 Å². The summed E-state index contributed by atoms with van der Waals surface area (Å²) in [6.45, 7) is 1.28. The molecule has 32 heavy (non-hydrogen) atoms. The molecule has 4 rings (SSSR count). The number of piperidine rings is 1. The Kier molecular flexibility index (Phi) is 8.12. The normalized spacial score (nSPS) is 29.8. The fourth-order valence-corrected chi connectivity index (χ4v) is 7.97. The quantitative estimate of drug-likeness (QED) is 0.332. The molecule has 2 saturated heterocycles. The highest BCUT2D eigenvalue weighted by molar-refractivity contribution is 14.1. The molecule has 1 aromatic rings. The number of nitrogens with zero attached hydrogens (tertiary/aromatic N) is 1. The molecule has 1 aliphatic carbocycles. The van der Waals surface area contributed by atoms with Crippen LogP contribution in [0.1, 0.15) is 69.3 Å². The number of hydrogen-bond donors (Lipinski definition) is 2. The van der Waals surface area contributed by atoms with Gasteiger partial charge in [0.05, 0.1) is 0 Å². The van der Waals surface area contributed by atoms with Crippen LogP contribution in [0.25, 0.3) is 0 Å². The van der Waals surface area contributed by atoms with E-state index in [1.165, 1.54) is 25.7 Å². The molecule has 2 heterocycles. The highest BCUT2D eigenvalue weighted by atomic mass is 127. The van der Waals surface area contributed by atoms with E-state index in [-0.39, 0.29) is 31.6 Å². The molecule has 0 amide bonds. The van der Waals surface area contributed by atoms with Crippen molar-refractivity contribution >= 4 is 32.8 Å². The van der Waals surface area contributed by atoms with Gasteiger partial charge in [-0.25, -0.2) is 13.5 Å². The fourth-order valence-electron chi connectivity index (χ4n) is 5.62. The van der Waals surface area contributed by atoms with E-state index < -0.39 is 22.2 Å². The van der Waals surface area contributed by atoms with Crippen LogP contribution >= 0.6 is 22.6 Å². The van der Waals surface area contributed by atoms with E-state index in [1.807, 2.05) is 18.2 Å². The molecule has 5 nitrogen and oxygen atoms in total. The first kappa shape index (κ1) is 24.8. The van der Waals surface area contributed by atoms with Gasteiger partial charge in [-0.2, -0.15) is 13.1 Å². The van der Waals surface area contributed by atoms with Gasteiger partial charge in [0.15, 0.2) is 0 Å². The summed E-state index contributed by atoms with van der Waals surface area (Å²) >= 11 is 2.58. The molecule has 3 unspecified atom stereocenters. The summed E-state index contributed by atoms with van der Waals surface area (Å²) in [6.07, 6.45) is 5.77. The third-order valence-corrected chi connectivity index (χ3v) is 9.60. The van der Waals surface area contributed by atoms with Gasteiger partial charge in [-0.05, 0) is 63.0 Å². The van der Waals surface area contributed by atoms with Gasteiger partial charge >= 0.3 is 0 Å². The molecule has 3 aliphatic rings. The van der Waals surface area contributed by atoms with Crippen molar-refractivity contribution in [1.82, 2.24) is 14.3 Å². The van der Waals surface area contributed by atoms with Gasteiger partial charge in [0.1, 0.15) is 0 Å². The number of hydrogen-bond acceptors (Lipinski definition) is 3. The monoisotopic (exact) mass is 581 g/mol. The third kappa shape index (κ3) is 6.61. The van der Waals surface area contributed by atoms with Gasteiger partial charge in [0.25, 0.3) is 10.2 Å². The van der Waals surface area contributed by atoms with Crippen LogP contribution in [0.15, 0.2) is 30.3 Å². The van der Waals surface area contributed by atoms with E-state index in [4.69, 9.17) is 0 Å². The van der Waals surface area contributed by atoms with Crippen molar-refractivity contribution in [3.05, 3.63) is 35.9 Å². The lowest BCUT2D eigenvalue weighted by molar-refractivity contribution is -0.0388. The number of nitrogens with one attached hydrogen (secondary N) is 2. The summed E-state index contributed by atoms with van der Waals surface area (Å²) in [5.41, 5.74) is 1.13. The van der Waals surface area contributed by atoms with Crippen LogP contribution in [0.3, 0.4) is 0 Å². The Morgan fingerprint density at radius 1 is 1.06 bits per heavy atom. The van der Waals surface area contributed by atoms with Crippen molar-refractivity contribution < 1.29 is 17.2 Å². The zero-order chi connectivity index (χ0) is 22.8. The van der Waals surface area contributed by atoms with Crippen molar-refractivity contribution in [1.29, 1.82) is 0 Å². The second-order valence-corrected chi connectivity index (χ2v) is 13.0. The van der Waals surface area contributed by atoms with Gasteiger partial charge in [-0.1, -0.05) is 52.9 Å². The molecule has 0 radical (unpaired) electrons. The van der Waals surface area contributed by atoms with E-state index in [0.717, 1.165) is 22.5 Å². The minimum absolute atomic E-state index is 0.0696. The van der Waals surface area contributed by atoms with Gasteiger partial charge in [0.2, 0.25) is 5.92 Å². The van der Waals surface area contributed by atoms with Crippen LogP contribution < -0.4 is 9.44 Å². The van der Waals surface area contributed by atoms with Crippen molar-refractivity contribution in [3.63, 3.8) is 0 Å². The molecule has 1 saturated carbocycles. The lowest BCUT2D eigenvalue weighted by Crippen LogP contribution is -2.47. The molecule has 2 bridgehead atoms. The number of benzene rings is 1. The molecule has 4 atom stereocenters. The third-order valence-electron chi connectivity index (χ3n) is 7.39. The first-order chi connectivity index (χ1) is 15.2. The summed E-state index contributed by atoms with van der Waals surface area (Å²) in [7, 11) is -3.74. The van der Waals surface area contributed by atoms with Crippen LogP contribution in [0.2, 0.25) is 0 Å². The maximum absolute atomic E-state index is 13.4. The van der Waals surface area contributed by atoms with Crippen molar-refractivity contribution in [3.8, 4) is 0 Å². The molecule has 2 N–H and O–H groups in total. The maximum atomic E-state index is 13.4. The number of halogens is 3. The van der Waals surface area contributed by atoms with Gasteiger partial charge in [-0.3, -0.25) is 4.90 Å². The van der Waals surface area contributed by atoms with E-state index in [1.54, 1.807) is 0 Å². The maximum Gasteiger partial charge on any atom is 0.277 e. The lowest BCUT2D eigenvalue weighted by atomic mass is 9.93. The summed E-state index contributed by atoms with van der Waals surface area (Å²) in [6, 6.07) is 11.0. The number of rotatable bonds is 9. The Balaban J connectivity index is 1.34. The topological polar surface area (TPSA) is 61.4 Å². The molecule has 9 heteroatoms. The standard InChI is InChI=1S/C23H34F2IN3O2S/c24-23(25)11-8-20(9-12-23)28-32(30,31)27-16-18(17-4-2-1-3-5-17)10-13-29-21-6-7-22(29)15-19(26)14-21/h1-5,18-22,27-28H,6-16H2/t18?,19?,21-,22?/m0/s1. The highest BCUT2D eigenvalue weighted by Crippen LogP contribution is 2.39. The molecule has 0 spiro atoms.